The molecule has 0 aromatic rings. The minimum Gasteiger partial charge on any atom is -0.377 e. The Labute approximate surface area is 92.0 Å². The van der Waals surface area contributed by atoms with Crippen molar-refractivity contribution in [3.05, 3.63) is 0 Å². The van der Waals surface area contributed by atoms with E-state index in [2.05, 4.69) is 19.2 Å². The first-order chi connectivity index (χ1) is 7.02. The van der Waals surface area contributed by atoms with Crippen LogP contribution in [0.5, 0.6) is 0 Å². The highest BCUT2D eigenvalue weighted by Crippen LogP contribution is 2.13. The van der Waals surface area contributed by atoms with Gasteiger partial charge in [-0.3, -0.25) is 10.1 Å². The van der Waals surface area contributed by atoms with Gasteiger partial charge in [-0.15, -0.1) is 0 Å². The molecule has 0 aromatic carbocycles. The minimum atomic E-state index is 0.174. The van der Waals surface area contributed by atoms with Crippen LogP contribution in [0.15, 0.2) is 0 Å². The van der Waals surface area contributed by atoms with Crippen molar-refractivity contribution in [1.82, 2.24) is 10.2 Å². The Hall–Kier alpha value is -0.610. The number of nitrogens with zero attached hydrogens (tertiary/aromatic N) is 1. The van der Waals surface area contributed by atoms with Crippen LogP contribution >= 0.6 is 0 Å². The molecule has 0 aromatic heterocycles. The van der Waals surface area contributed by atoms with Crippen LogP contribution in [0.1, 0.15) is 27.7 Å². The van der Waals surface area contributed by atoms with Crippen LogP contribution in [0.3, 0.4) is 0 Å². The number of nitrogens with one attached hydrogen (secondary N) is 1. The van der Waals surface area contributed by atoms with Gasteiger partial charge in [0.1, 0.15) is 0 Å². The predicted molar refractivity (Wildman–Crippen MR) is 59.4 cm³/mol. The maximum absolute atomic E-state index is 11.6. The van der Waals surface area contributed by atoms with Crippen molar-refractivity contribution in [2.75, 3.05) is 19.7 Å². The zero-order valence-corrected chi connectivity index (χ0v) is 10.1. The first-order valence-electron chi connectivity index (χ1n) is 5.67. The van der Waals surface area contributed by atoms with E-state index in [4.69, 9.17) is 4.74 Å². The lowest BCUT2D eigenvalue weighted by Crippen LogP contribution is -2.43. The van der Waals surface area contributed by atoms with Gasteiger partial charge in [0.2, 0.25) is 5.91 Å². The number of hydrogen-bond acceptors (Lipinski definition) is 3. The molecule has 1 amide bonds. The molecule has 1 aliphatic rings. The van der Waals surface area contributed by atoms with E-state index in [1.54, 1.807) is 0 Å². The predicted octanol–water partition coefficient (Wildman–Crippen LogP) is 0.825. The second-order valence-electron chi connectivity index (χ2n) is 4.58. The fourth-order valence-corrected chi connectivity index (χ4v) is 1.80. The molecule has 1 aliphatic heterocycles. The van der Waals surface area contributed by atoms with Crippen LogP contribution in [0.2, 0.25) is 0 Å². The fraction of sp³-hybridized carbons (Fsp3) is 0.909. The summed E-state index contributed by atoms with van der Waals surface area (Å²) in [5.41, 5.74) is 0. The molecule has 0 bridgehead atoms. The number of carbonyl (C=O) groups is 1. The normalized spacial score (nSPS) is 22.1. The summed E-state index contributed by atoms with van der Waals surface area (Å²) in [7, 11) is 0. The van der Waals surface area contributed by atoms with Gasteiger partial charge in [-0.25, -0.2) is 0 Å². The molecular weight excluding hydrogens is 192 g/mol. The summed E-state index contributed by atoms with van der Waals surface area (Å²) in [4.78, 5) is 13.5. The third kappa shape index (κ3) is 3.47. The maximum Gasteiger partial charge on any atom is 0.237 e. The first-order valence-corrected chi connectivity index (χ1v) is 5.67. The highest BCUT2D eigenvalue weighted by Gasteiger charge is 2.31. The van der Waals surface area contributed by atoms with Gasteiger partial charge >= 0.3 is 0 Å². The fourth-order valence-electron chi connectivity index (χ4n) is 1.80. The van der Waals surface area contributed by atoms with Crippen LogP contribution in [-0.4, -0.2) is 42.8 Å². The highest BCUT2D eigenvalue weighted by atomic mass is 16.5. The zero-order chi connectivity index (χ0) is 11.4. The second-order valence-corrected chi connectivity index (χ2v) is 4.58. The van der Waals surface area contributed by atoms with Crippen LogP contribution < -0.4 is 5.32 Å². The standard InChI is InChI=1S/C11H22N2O2/c1-8(2)11-12-7-10(14)13(11)5-6-15-9(3)4/h8-9,11-12H,5-7H2,1-4H3. The Morgan fingerprint density at radius 3 is 2.67 bits per heavy atom. The summed E-state index contributed by atoms with van der Waals surface area (Å²) < 4.78 is 5.46. The third-order valence-corrected chi connectivity index (χ3v) is 2.53. The Bertz CT molecular complexity index is 217. The van der Waals surface area contributed by atoms with Crippen molar-refractivity contribution >= 4 is 5.91 Å². The number of rotatable bonds is 5. The van der Waals surface area contributed by atoms with E-state index in [1.807, 2.05) is 18.7 Å². The summed E-state index contributed by atoms with van der Waals surface area (Å²) in [6.45, 7) is 10.0. The molecular formula is C11H22N2O2. The average Bonchev–Trinajstić information content (AvgIpc) is 2.47. The number of amides is 1. The topological polar surface area (TPSA) is 41.6 Å². The summed E-state index contributed by atoms with van der Waals surface area (Å²) in [5.74, 6) is 0.622. The molecule has 0 radical (unpaired) electrons. The maximum atomic E-state index is 11.6. The number of ether oxygens (including phenoxy) is 1. The number of carbonyl (C=O) groups excluding carboxylic acids is 1. The quantitative estimate of drug-likeness (QED) is 0.737. The molecule has 0 saturated carbocycles. The van der Waals surface area contributed by atoms with Crippen molar-refractivity contribution in [1.29, 1.82) is 0 Å². The van der Waals surface area contributed by atoms with E-state index in [0.717, 1.165) is 0 Å². The van der Waals surface area contributed by atoms with Gasteiger partial charge in [-0.2, -0.15) is 0 Å². The van der Waals surface area contributed by atoms with Gasteiger partial charge in [0.15, 0.2) is 0 Å². The molecule has 4 nitrogen and oxygen atoms in total. The smallest absolute Gasteiger partial charge is 0.237 e. The van der Waals surface area contributed by atoms with Gasteiger partial charge in [0.05, 0.1) is 25.4 Å². The first kappa shape index (κ1) is 12.5. The molecule has 1 unspecified atom stereocenters. The van der Waals surface area contributed by atoms with E-state index in [1.165, 1.54) is 0 Å². The van der Waals surface area contributed by atoms with Crippen LogP contribution in [0, 0.1) is 5.92 Å². The Balaban J connectivity index is 2.39. The van der Waals surface area contributed by atoms with Crippen molar-refractivity contribution < 1.29 is 9.53 Å². The Kier molecular flexibility index (Phi) is 4.54. The monoisotopic (exact) mass is 214 g/mol. The molecule has 88 valence electrons. The van der Waals surface area contributed by atoms with Crippen molar-refractivity contribution in [2.45, 2.75) is 40.0 Å². The van der Waals surface area contributed by atoms with Crippen molar-refractivity contribution in [2.24, 2.45) is 5.92 Å². The molecule has 15 heavy (non-hydrogen) atoms. The van der Waals surface area contributed by atoms with Crippen LogP contribution in [-0.2, 0) is 9.53 Å². The van der Waals surface area contributed by atoms with E-state index < -0.39 is 0 Å². The Morgan fingerprint density at radius 1 is 1.47 bits per heavy atom. The number of hydrogen-bond donors (Lipinski definition) is 1. The Morgan fingerprint density at radius 2 is 2.13 bits per heavy atom. The average molecular weight is 214 g/mol. The SMILES string of the molecule is CC(C)OCCN1C(=O)CNC1C(C)C. The molecule has 1 rings (SSSR count). The van der Waals surface area contributed by atoms with E-state index in [9.17, 15) is 4.79 Å². The van der Waals surface area contributed by atoms with E-state index in [0.29, 0.717) is 25.6 Å². The lowest BCUT2D eigenvalue weighted by molar-refractivity contribution is -0.129. The van der Waals surface area contributed by atoms with Crippen molar-refractivity contribution in [3.8, 4) is 0 Å². The van der Waals surface area contributed by atoms with E-state index >= 15 is 0 Å². The molecule has 4 heteroatoms. The molecule has 0 spiro atoms. The highest BCUT2D eigenvalue weighted by molar-refractivity contribution is 5.80. The largest absolute Gasteiger partial charge is 0.377 e. The second kappa shape index (κ2) is 5.47. The zero-order valence-electron chi connectivity index (χ0n) is 10.1. The summed E-state index contributed by atoms with van der Waals surface area (Å²) in [5, 5.41) is 3.21. The molecule has 1 heterocycles. The van der Waals surface area contributed by atoms with Crippen LogP contribution in [0.25, 0.3) is 0 Å². The summed E-state index contributed by atoms with van der Waals surface area (Å²) in [6, 6.07) is 0. The van der Waals surface area contributed by atoms with Gasteiger partial charge in [0.25, 0.3) is 0 Å². The lowest BCUT2D eigenvalue weighted by atomic mass is 10.1. The van der Waals surface area contributed by atoms with Gasteiger partial charge < -0.3 is 9.64 Å². The van der Waals surface area contributed by atoms with Crippen LogP contribution in [0.4, 0.5) is 0 Å². The van der Waals surface area contributed by atoms with Crippen molar-refractivity contribution in [3.63, 3.8) is 0 Å². The molecule has 1 saturated heterocycles. The third-order valence-electron chi connectivity index (χ3n) is 2.53. The van der Waals surface area contributed by atoms with Gasteiger partial charge in [-0.1, -0.05) is 13.8 Å². The molecule has 0 aliphatic carbocycles. The lowest BCUT2D eigenvalue weighted by Gasteiger charge is -2.27. The molecule has 1 N–H and O–H groups in total. The summed E-state index contributed by atoms with van der Waals surface area (Å²) in [6.07, 6.45) is 0.404. The minimum absolute atomic E-state index is 0.174. The van der Waals surface area contributed by atoms with Gasteiger partial charge in [-0.05, 0) is 19.8 Å². The van der Waals surface area contributed by atoms with E-state index in [-0.39, 0.29) is 18.2 Å². The van der Waals surface area contributed by atoms with Gasteiger partial charge in [0, 0.05) is 6.54 Å². The molecule has 1 fully saturated rings. The summed E-state index contributed by atoms with van der Waals surface area (Å²) >= 11 is 0. The molecule has 1 atom stereocenters.